The number of likely N-dealkylation sites (tertiary alicyclic amines) is 1. The van der Waals surface area contributed by atoms with Gasteiger partial charge in [-0.05, 0) is 58.0 Å². The molecule has 1 saturated carbocycles. The van der Waals surface area contributed by atoms with Crippen LogP contribution in [0.1, 0.15) is 57.8 Å². The summed E-state index contributed by atoms with van der Waals surface area (Å²) >= 11 is 0. The highest BCUT2D eigenvalue weighted by atomic mass is 16.2. The first-order valence-corrected chi connectivity index (χ1v) is 7.75. The highest BCUT2D eigenvalue weighted by molar-refractivity contribution is 5.77. The molecule has 18 heavy (non-hydrogen) atoms. The molecule has 0 radical (unpaired) electrons. The molecule has 2 fully saturated rings. The van der Waals surface area contributed by atoms with E-state index in [9.17, 15) is 4.79 Å². The second kappa shape index (κ2) is 7.13. The number of hydrogen-bond acceptors (Lipinski definition) is 2. The summed E-state index contributed by atoms with van der Waals surface area (Å²) in [6.45, 7) is 2.03. The SMILES string of the molecule is CNCCC1CCCCN1C(=O)CC1CCCC1. The number of nitrogens with zero attached hydrogens (tertiary/aromatic N) is 1. The molecule has 1 unspecified atom stereocenters. The van der Waals surface area contributed by atoms with Crippen LogP contribution in [-0.4, -0.2) is 37.0 Å². The summed E-state index contributed by atoms with van der Waals surface area (Å²) in [5.41, 5.74) is 0. The van der Waals surface area contributed by atoms with Gasteiger partial charge in [0.05, 0.1) is 0 Å². The van der Waals surface area contributed by atoms with Crippen LogP contribution in [0.3, 0.4) is 0 Å². The maximum absolute atomic E-state index is 12.4. The van der Waals surface area contributed by atoms with Crippen LogP contribution in [0.4, 0.5) is 0 Å². The molecule has 0 aromatic carbocycles. The quantitative estimate of drug-likeness (QED) is 0.815. The number of carbonyl (C=O) groups is 1. The molecule has 104 valence electrons. The van der Waals surface area contributed by atoms with E-state index in [1.807, 2.05) is 7.05 Å². The second-order valence-electron chi connectivity index (χ2n) is 5.98. The van der Waals surface area contributed by atoms with Crippen molar-refractivity contribution in [3.8, 4) is 0 Å². The molecule has 2 aliphatic rings. The zero-order valence-corrected chi connectivity index (χ0v) is 11.8. The Hall–Kier alpha value is -0.570. The molecule has 1 saturated heterocycles. The van der Waals surface area contributed by atoms with E-state index in [1.165, 1.54) is 44.9 Å². The van der Waals surface area contributed by atoms with Gasteiger partial charge in [-0.15, -0.1) is 0 Å². The van der Waals surface area contributed by atoms with Crippen LogP contribution < -0.4 is 5.32 Å². The molecule has 1 atom stereocenters. The third-order valence-corrected chi connectivity index (χ3v) is 4.61. The summed E-state index contributed by atoms with van der Waals surface area (Å²) in [5.74, 6) is 1.12. The van der Waals surface area contributed by atoms with Crippen LogP contribution in [0.15, 0.2) is 0 Å². The van der Waals surface area contributed by atoms with Crippen LogP contribution in [-0.2, 0) is 4.79 Å². The van der Waals surface area contributed by atoms with E-state index in [0.29, 0.717) is 17.9 Å². The van der Waals surface area contributed by atoms with Crippen LogP contribution in [0.5, 0.6) is 0 Å². The fourth-order valence-electron chi connectivity index (χ4n) is 3.52. The lowest BCUT2D eigenvalue weighted by Crippen LogP contribution is -2.45. The Balaban J connectivity index is 1.84. The van der Waals surface area contributed by atoms with Crippen molar-refractivity contribution in [2.75, 3.05) is 20.1 Å². The molecule has 0 aromatic heterocycles. The molecule has 1 heterocycles. The summed E-state index contributed by atoms with van der Waals surface area (Å²) in [7, 11) is 1.99. The molecule has 0 bridgehead atoms. The first-order chi connectivity index (χ1) is 8.81. The van der Waals surface area contributed by atoms with E-state index < -0.39 is 0 Å². The average Bonchev–Trinajstić information content (AvgIpc) is 2.89. The van der Waals surface area contributed by atoms with E-state index in [4.69, 9.17) is 0 Å². The van der Waals surface area contributed by atoms with E-state index >= 15 is 0 Å². The molecule has 1 N–H and O–H groups in total. The van der Waals surface area contributed by atoms with Crippen LogP contribution in [0.25, 0.3) is 0 Å². The fourth-order valence-corrected chi connectivity index (χ4v) is 3.52. The molecule has 3 nitrogen and oxygen atoms in total. The zero-order valence-electron chi connectivity index (χ0n) is 11.8. The minimum atomic E-state index is 0.433. The monoisotopic (exact) mass is 252 g/mol. The van der Waals surface area contributed by atoms with Gasteiger partial charge in [-0.3, -0.25) is 4.79 Å². The third kappa shape index (κ3) is 3.71. The van der Waals surface area contributed by atoms with Crippen molar-refractivity contribution in [2.45, 2.75) is 63.8 Å². The molecule has 2 rings (SSSR count). The topological polar surface area (TPSA) is 32.3 Å². The van der Waals surface area contributed by atoms with Gasteiger partial charge in [0.25, 0.3) is 0 Å². The van der Waals surface area contributed by atoms with E-state index in [1.54, 1.807) is 0 Å². The Bertz CT molecular complexity index is 261. The van der Waals surface area contributed by atoms with Crippen molar-refractivity contribution in [1.82, 2.24) is 10.2 Å². The van der Waals surface area contributed by atoms with Gasteiger partial charge in [0, 0.05) is 19.0 Å². The van der Waals surface area contributed by atoms with Crippen molar-refractivity contribution in [1.29, 1.82) is 0 Å². The Morgan fingerprint density at radius 2 is 1.89 bits per heavy atom. The number of rotatable bonds is 5. The molecule has 0 aromatic rings. The maximum Gasteiger partial charge on any atom is 0.223 e. The normalized spacial score (nSPS) is 25.6. The zero-order chi connectivity index (χ0) is 12.8. The predicted molar refractivity (Wildman–Crippen MR) is 74.5 cm³/mol. The Morgan fingerprint density at radius 1 is 1.17 bits per heavy atom. The number of carbonyl (C=O) groups excluding carboxylic acids is 1. The Labute approximate surface area is 111 Å². The van der Waals surface area contributed by atoms with Gasteiger partial charge in [0.15, 0.2) is 0 Å². The van der Waals surface area contributed by atoms with Crippen molar-refractivity contribution in [3.63, 3.8) is 0 Å². The Morgan fingerprint density at radius 3 is 2.61 bits per heavy atom. The largest absolute Gasteiger partial charge is 0.340 e. The highest BCUT2D eigenvalue weighted by Crippen LogP contribution is 2.29. The average molecular weight is 252 g/mol. The van der Waals surface area contributed by atoms with E-state index in [-0.39, 0.29) is 0 Å². The predicted octanol–water partition coefficient (Wildman–Crippen LogP) is 2.56. The van der Waals surface area contributed by atoms with Crippen LogP contribution in [0, 0.1) is 5.92 Å². The molecule has 1 amide bonds. The smallest absolute Gasteiger partial charge is 0.223 e. The summed E-state index contributed by atoms with van der Waals surface area (Å²) in [4.78, 5) is 14.6. The summed E-state index contributed by atoms with van der Waals surface area (Å²) in [6, 6.07) is 0.500. The molecule has 1 aliphatic heterocycles. The first kappa shape index (κ1) is 13.9. The van der Waals surface area contributed by atoms with Gasteiger partial charge in [0.2, 0.25) is 5.91 Å². The maximum atomic E-state index is 12.4. The fraction of sp³-hybridized carbons (Fsp3) is 0.933. The lowest BCUT2D eigenvalue weighted by atomic mass is 9.96. The Kier molecular flexibility index (Phi) is 5.48. The van der Waals surface area contributed by atoms with Crippen LogP contribution >= 0.6 is 0 Å². The van der Waals surface area contributed by atoms with Crippen molar-refractivity contribution in [3.05, 3.63) is 0 Å². The van der Waals surface area contributed by atoms with Crippen molar-refractivity contribution in [2.24, 2.45) is 5.92 Å². The van der Waals surface area contributed by atoms with Crippen molar-refractivity contribution >= 4 is 5.91 Å². The molecule has 3 heteroatoms. The molecule has 0 spiro atoms. The van der Waals surface area contributed by atoms with Gasteiger partial charge < -0.3 is 10.2 Å². The minimum Gasteiger partial charge on any atom is -0.340 e. The van der Waals surface area contributed by atoms with Gasteiger partial charge in [-0.25, -0.2) is 0 Å². The van der Waals surface area contributed by atoms with Gasteiger partial charge >= 0.3 is 0 Å². The minimum absolute atomic E-state index is 0.433. The number of amides is 1. The third-order valence-electron chi connectivity index (χ3n) is 4.61. The lowest BCUT2D eigenvalue weighted by molar-refractivity contribution is -0.136. The number of piperidine rings is 1. The number of nitrogens with one attached hydrogen (secondary N) is 1. The van der Waals surface area contributed by atoms with Gasteiger partial charge in [-0.2, -0.15) is 0 Å². The number of hydrogen-bond donors (Lipinski definition) is 1. The van der Waals surface area contributed by atoms with E-state index in [2.05, 4.69) is 10.2 Å². The summed E-state index contributed by atoms with van der Waals surface area (Å²) in [5, 5.41) is 3.21. The summed E-state index contributed by atoms with van der Waals surface area (Å²) < 4.78 is 0. The lowest BCUT2D eigenvalue weighted by Gasteiger charge is -2.36. The second-order valence-corrected chi connectivity index (χ2v) is 5.98. The highest BCUT2D eigenvalue weighted by Gasteiger charge is 2.28. The standard InChI is InChI=1S/C15H28N2O/c1-16-10-9-14-8-4-5-11-17(14)15(18)12-13-6-2-3-7-13/h13-14,16H,2-12H2,1H3. The van der Waals surface area contributed by atoms with Gasteiger partial charge in [0.1, 0.15) is 0 Å². The summed E-state index contributed by atoms with van der Waals surface area (Å²) in [6.07, 6.45) is 10.9. The van der Waals surface area contributed by atoms with Gasteiger partial charge in [-0.1, -0.05) is 12.8 Å². The first-order valence-electron chi connectivity index (χ1n) is 7.75. The molecular formula is C15H28N2O. The molecule has 1 aliphatic carbocycles. The van der Waals surface area contributed by atoms with Crippen molar-refractivity contribution < 1.29 is 4.79 Å². The van der Waals surface area contributed by atoms with Crippen LogP contribution in [0.2, 0.25) is 0 Å². The molecular weight excluding hydrogens is 224 g/mol. The van der Waals surface area contributed by atoms with E-state index in [0.717, 1.165) is 25.9 Å².